The standard InChI is InChI=1S/C17H22O9/c1-5-11(18)23-10-9-22-17(26-14(21)8-4)16(25-13(20)7-3)15(10)24-12(19)6-2/h5-8,10-11,13,15-18,20H,1-4,9H2/t10-,11?,13?,15-,16+,17?/m1/s1. The van der Waals surface area contributed by atoms with Crippen molar-refractivity contribution in [2.45, 2.75) is 37.2 Å². The number of rotatable bonds is 10. The predicted octanol–water partition coefficient (Wildman–Crippen LogP) is -0.0511. The third-order valence-electron chi connectivity index (χ3n) is 3.22. The maximum absolute atomic E-state index is 11.7. The monoisotopic (exact) mass is 370 g/mol. The van der Waals surface area contributed by atoms with Crippen molar-refractivity contribution in [1.29, 1.82) is 0 Å². The lowest BCUT2D eigenvalue weighted by Crippen LogP contribution is -2.59. The molecule has 1 rings (SSSR count). The van der Waals surface area contributed by atoms with Crippen molar-refractivity contribution in [2.75, 3.05) is 6.61 Å². The Kier molecular flexibility index (Phi) is 8.90. The van der Waals surface area contributed by atoms with Crippen LogP contribution in [0.4, 0.5) is 0 Å². The number of hydrogen-bond donors (Lipinski definition) is 2. The zero-order chi connectivity index (χ0) is 19.7. The summed E-state index contributed by atoms with van der Waals surface area (Å²) in [7, 11) is 0. The highest BCUT2D eigenvalue weighted by atomic mass is 16.7. The van der Waals surface area contributed by atoms with Crippen LogP contribution in [-0.2, 0) is 33.3 Å². The maximum atomic E-state index is 11.7. The van der Waals surface area contributed by atoms with Crippen LogP contribution >= 0.6 is 0 Å². The van der Waals surface area contributed by atoms with Crippen LogP contribution < -0.4 is 0 Å². The van der Waals surface area contributed by atoms with Crippen molar-refractivity contribution in [3.63, 3.8) is 0 Å². The molecule has 9 nitrogen and oxygen atoms in total. The van der Waals surface area contributed by atoms with Gasteiger partial charge in [0.05, 0.1) is 6.61 Å². The first-order chi connectivity index (χ1) is 12.4. The molecule has 0 aromatic heterocycles. The Hall–Kier alpha value is -2.30. The number of aliphatic hydroxyl groups is 2. The molecule has 0 aromatic carbocycles. The van der Waals surface area contributed by atoms with Gasteiger partial charge in [-0.3, -0.25) is 0 Å². The second-order valence-corrected chi connectivity index (χ2v) is 4.98. The number of esters is 2. The fourth-order valence-electron chi connectivity index (χ4n) is 2.04. The first kappa shape index (κ1) is 21.7. The number of carbonyl (C=O) groups is 2. The van der Waals surface area contributed by atoms with E-state index in [0.717, 1.165) is 24.3 Å². The van der Waals surface area contributed by atoms with E-state index >= 15 is 0 Å². The highest BCUT2D eigenvalue weighted by Crippen LogP contribution is 2.26. The third-order valence-corrected chi connectivity index (χ3v) is 3.22. The van der Waals surface area contributed by atoms with Crippen LogP contribution in [0.15, 0.2) is 50.6 Å². The molecule has 6 atom stereocenters. The molecule has 9 heteroatoms. The summed E-state index contributed by atoms with van der Waals surface area (Å²) in [5.41, 5.74) is 0. The van der Waals surface area contributed by atoms with Gasteiger partial charge in [0, 0.05) is 12.2 Å². The lowest BCUT2D eigenvalue weighted by atomic mass is 10.0. The minimum absolute atomic E-state index is 0.223. The van der Waals surface area contributed by atoms with E-state index in [9.17, 15) is 19.8 Å². The summed E-state index contributed by atoms with van der Waals surface area (Å²) in [6.07, 6.45) is -3.79. The minimum atomic E-state index is -1.48. The molecule has 0 bridgehead atoms. The molecule has 1 saturated heterocycles. The summed E-state index contributed by atoms with van der Waals surface area (Å²) in [4.78, 5) is 23.2. The average Bonchev–Trinajstić information content (AvgIpc) is 2.65. The molecule has 0 radical (unpaired) electrons. The van der Waals surface area contributed by atoms with E-state index in [4.69, 9.17) is 23.7 Å². The van der Waals surface area contributed by atoms with Crippen LogP contribution in [0.5, 0.6) is 0 Å². The van der Waals surface area contributed by atoms with Gasteiger partial charge in [-0.1, -0.05) is 26.3 Å². The molecule has 1 aliphatic heterocycles. The summed E-state index contributed by atoms with van der Waals surface area (Å²) in [5.74, 6) is -1.65. The summed E-state index contributed by atoms with van der Waals surface area (Å²) in [5, 5.41) is 19.3. The molecular formula is C17H22O9. The van der Waals surface area contributed by atoms with Gasteiger partial charge in [-0.25, -0.2) is 9.59 Å². The van der Waals surface area contributed by atoms with Crippen molar-refractivity contribution < 1.29 is 43.5 Å². The SMILES string of the molecule is C=CC(=O)OC1OC[C@@H](OC(O)C=C)[C@@H](OC(=O)C=C)[C@@H]1OC(O)C=C. The first-order valence-electron chi connectivity index (χ1n) is 7.56. The van der Waals surface area contributed by atoms with Crippen molar-refractivity contribution in [3.8, 4) is 0 Å². The Labute approximate surface area is 150 Å². The van der Waals surface area contributed by atoms with Gasteiger partial charge in [-0.05, 0) is 12.2 Å². The van der Waals surface area contributed by atoms with Crippen LogP contribution in [0.3, 0.4) is 0 Å². The average molecular weight is 370 g/mol. The predicted molar refractivity (Wildman–Crippen MR) is 88.3 cm³/mol. The summed E-state index contributed by atoms with van der Waals surface area (Å²) < 4.78 is 26.2. The molecule has 0 saturated carbocycles. The minimum Gasteiger partial charge on any atom is -0.453 e. The first-order valence-corrected chi connectivity index (χ1v) is 7.56. The molecule has 2 N–H and O–H groups in total. The van der Waals surface area contributed by atoms with E-state index in [1.165, 1.54) is 0 Å². The van der Waals surface area contributed by atoms with E-state index in [0.29, 0.717) is 0 Å². The molecule has 0 amide bonds. The van der Waals surface area contributed by atoms with E-state index < -0.39 is 49.1 Å². The van der Waals surface area contributed by atoms with E-state index in [-0.39, 0.29) is 6.61 Å². The highest BCUT2D eigenvalue weighted by Gasteiger charge is 2.47. The van der Waals surface area contributed by atoms with Crippen LogP contribution in [0.1, 0.15) is 0 Å². The number of hydrogen-bond acceptors (Lipinski definition) is 9. The summed E-state index contributed by atoms with van der Waals surface area (Å²) in [6.45, 7) is 13.1. The van der Waals surface area contributed by atoms with Crippen molar-refractivity contribution in [2.24, 2.45) is 0 Å². The van der Waals surface area contributed by atoms with Gasteiger partial charge in [0.25, 0.3) is 0 Å². The van der Waals surface area contributed by atoms with Gasteiger partial charge in [0.2, 0.25) is 6.29 Å². The van der Waals surface area contributed by atoms with Crippen molar-refractivity contribution >= 4 is 11.9 Å². The number of aliphatic hydroxyl groups excluding tert-OH is 2. The van der Waals surface area contributed by atoms with Crippen LogP contribution in [0.2, 0.25) is 0 Å². The van der Waals surface area contributed by atoms with E-state index in [1.54, 1.807) is 0 Å². The lowest BCUT2D eigenvalue weighted by molar-refractivity contribution is -0.308. The fraction of sp³-hybridized carbons (Fsp3) is 0.412. The lowest BCUT2D eigenvalue weighted by Gasteiger charge is -2.41. The van der Waals surface area contributed by atoms with Crippen molar-refractivity contribution in [3.05, 3.63) is 50.6 Å². The number of carbonyl (C=O) groups excluding carboxylic acids is 2. The molecular weight excluding hydrogens is 348 g/mol. The van der Waals surface area contributed by atoms with Gasteiger partial charge < -0.3 is 33.9 Å². The largest absolute Gasteiger partial charge is 0.453 e. The van der Waals surface area contributed by atoms with Crippen LogP contribution in [0, 0.1) is 0 Å². The van der Waals surface area contributed by atoms with E-state index in [2.05, 4.69) is 26.3 Å². The van der Waals surface area contributed by atoms with E-state index in [1.807, 2.05) is 0 Å². The normalized spacial score (nSPS) is 27.5. The molecule has 1 fully saturated rings. The molecule has 1 heterocycles. The molecule has 26 heavy (non-hydrogen) atoms. The van der Waals surface area contributed by atoms with Gasteiger partial charge in [0.15, 0.2) is 24.8 Å². The molecule has 0 spiro atoms. The zero-order valence-electron chi connectivity index (χ0n) is 14.1. The maximum Gasteiger partial charge on any atom is 0.332 e. The third kappa shape index (κ3) is 6.21. The van der Waals surface area contributed by atoms with Crippen LogP contribution in [-0.4, -0.2) is 65.9 Å². The molecule has 144 valence electrons. The Bertz CT molecular complexity index is 544. The molecule has 1 aliphatic rings. The number of ether oxygens (including phenoxy) is 5. The quantitative estimate of drug-likeness (QED) is 0.236. The van der Waals surface area contributed by atoms with Crippen molar-refractivity contribution in [1.82, 2.24) is 0 Å². The zero-order valence-corrected chi connectivity index (χ0v) is 14.1. The summed E-state index contributed by atoms with van der Waals surface area (Å²) >= 11 is 0. The Balaban J connectivity index is 3.14. The Morgan fingerprint density at radius 1 is 0.923 bits per heavy atom. The van der Waals surface area contributed by atoms with Gasteiger partial charge in [0.1, 0.15) is 6.10 Å². The van der Waals surface area contributed by atoms with Gasteiger partial charge >= 0.3 is 11.9 Å². The second-order valence-electron chi connectivity index (χ2n) is 4.98. The smallest absolute Gasteiger partial charge is 0.332 e. The van der Waals surface area contributed by atoms with Gasteiger partial charge in [-0.15, -0.1) is 0 Å². The Morgan fingerprint density at radius 3 is 2.00 bits per heavy atom. The highest BCUT2D eigenvalue weighted by molar-refractivity contribution is 5.82. The summed E-state index contributed by atoms with van der Waals surface area (Å²) in [6, 6.07) is 0. The molecule has 0 aliphatic carbocycles. The van der Waals surface area contributed by atoms with Crippen LogP contribution in [0.25, 0.3) is 0 Å². The topological polar surface area (TPSA) is 121 Å². The molecule has 3 unspecified atom stereocenters. The molecule has 0 aromatic rings. The second kappa shape index (κ2) is 10.6. The Morgan fingerprint density at radius 2 is 1.46 bits per heavy atom. The van der Waals surface area contributed by atoms with Gasteiger partial charge in [-0.2, -0.15) is 0 Å². The fourth-order valence-corrected chi connectivity index (χ4v) is 2.04.